The van der Waals surface area contributed by atoms with Gasteiger partial charge < -0.3 is 15.0 Å². The molecule has 4 rings (SSSR count). The molecule has 0 radical (unpaired) electrons. The first-order valence-electron chi connectivity index (χ1n) is 13.9. The molecule has 0 heterocycles. The van der Waals surface area contributed by atoms with Crippen LogP contribution in [0.25, 0.3) is 0 Å². The molecule has 0 fully saturated rings. The normalized spacial score (nSPS) is 11.8. The lowest BCUT2D eigenvalue weighted by atomic mass is 10.0. The molecule has 1 atom stereocenters. The number of carbonyl (C=O) groups is 2. The van der Waals surface area contributed by atoms with E-state index in [1.165, 1.54) is 36.2 Å². The number of ether oxygens (including phenoxy) is 1. The fraction of sp³-hybridized carbons (Fsp3) is 0.212. The van der Waals surface area contributed by atoms with Gasteiger partial charge in [-0.3, -0.25) is 13.9 Å². The summed E-state index contributed by atoms with van der Waals surface area (Å²) in [6.07, 6.45) is 0.229. The van der Waals surface area contributed by atoms with Crippen LogP contribution in [0.3, 0.4) is 0 Å². The third-order valence-electron chi connectivity index (χ3n) is 6.88. The number of hydrogen-bond acceptors (Lipinski definition) is 5. The second kappa shape index (κ2) is 15.2. The quantitative estimate of drug-likeness (QED) is 0.183. The first-order chi connectivity index (χ1) is 21.1. The summed E-state index contributed by atoms with van der Waals surface area (Å²) in [5.41, 5.74) is 1.88. The molecule has 0 saturated heterocycles. The Morgan fingerprint density at radius 3 is 2.18 bits per heavy atom. The fourth-order valence-corrected chi connectivity index (χ4v) is 6.68. The Labute approximate surface area is 271 Å². The van der Waals surface area contributed by atoms with Crippen LogP contribution in [-0.2, 0) is 32.6 Å². The number of carbonyl (C=O) groups excluding carboxylic acids is 2. The number of rotatable bonds is 13. The molecular formula is C33H33BrClN3O5S. The molecule has 4 aromatic carbocycles. The van der Waals surface area contributed by atoms with Crippen molar-refractivity contribution in [2.24, 2.45) is 0 Å². The van der Waals surface area contributed by atoms with E-state index in [0.29, 0.717) is 17.4 Å². The number of hydrogen-bond donors (Lipinski definition) is 1. The summed E-state index contributed by atoms with van der Waals surface area (Å²) in [6.45, 7) is 1.80. The molecule has 4 aromatic rings. The standard InChI is InChI=1S/C33H33BrClN3O5S/c1-3-43-29-16-14-28(15-17-29)38(44(41,42)30-18-12-27(35)13-19-30)23-32(39)37(22-25-10-7-11-26(34)20-25)31(33(40)36-2)21-24-8-5-4-6-9-24/h4-20,31H,3,21-23H2,1-2H3,(H,36,40). The molecule has 1 N–H and O–H groups in total. The van der Waals surface area contributed by atoms with Crippen molar-refractivity contribution < 1.29 is 22.7 Å². The zero-order chi connectivity index (χ0) is 31.7. The number of benzene rings is 4. The summed E-state index contributed by atoms with van der Waals surface area (Å²) in [4.78, 5) is 29.1. The number of likely N-dealkylation sites (N-methyl/N-ethyl adjacent to an activating group) is 1. The number of halogens is 2. The molecule has 0 spiro atoms. The van der Waals surface area contributed by atoms with E-state index < -0.39 is 28.5 Å². The predicted molar refractivity (Wildman–Crippen MR) is 176 cm³/mol. The van der Waals surface area contributed by atoms with Crippen LogP contribution in [0.2, 0.25) is 5.02 Å². The number of nitrogens with one attached hydrogen (secondary N) is 1. The van der Waals surface area contributed by atoms with Gasteiger partial charge in [0.05, 0.1) is 17.2 Å². The van der Waals surface area contributed by atoms with Crippen LogP contribution >= 0.6 is 27.5 Å². The van der Waals surface area contributed by atoms with Crippen molar-refractivity contribution in [1.29, 1.82) is 0 Å². The zero-order valence-corrected chi connectivity index (χ0v) is 27.5. The minimum atomic E-state index is -4.24. The molecular weight excluding hydrogens is 666 g/mol. The Morgan fingerprint density at radius 2 is 1.57 bits per heavy atom. The summed E-state index contributed by atoms with van der Waals surface area (Å²) >= 11 is 9.52. The smallest absolute Gasteiger partial charge is 0.264 e. The minimum absolute atomic E-state index is 0.0331. The van der Waals surface area contributed by atoms with E-state index in [1.54, 1.807) is 24.3 Å². The molecule has 11 heteroatoms. The zero-order valence-electron chi connectivity index (χ0n) is 24.3. The predicted octanol–water partition coefficient (Wildman–Crippen LogP) is 6.08. The Morgan fingerprint density at radius 1 is 0.909 bits per heavy atom. The van der Waals surface area contributed by atoms with Crippen molar-refractivity contribution in [1.82, 2.24) is 10.2 Å². The van der Waals surface area contributed by atoms with Gasteiger partial charge in [0.1, 0.15) is 18.3 Å². The molecule has 44 heavy (non-hydrogen) atoms. The highest BCUT2D eigenvalue weighted by atomic mass is 79.9. The van der Waals surface area contributed by atoms with Gasteiger partial charge in [-0.25, -0.2) is 8.42 Å². The summed E-state index contributed by atoms with van der Waals surface area (Å²) in [5.74, 6) is -0.364. The monoisotopic (exact) mass is 697 g/mol. The molecule has 0 aliphatic rings. The average Bonchev–Trinajstić information content (AvgIpc) is 3.02. The van der Waals surface area contributed by atoms with Crippen LogP contribution in [0.5, 0.6) is 5.75 Å². The van der Waals surface area contributed by atoms with Gasteiger partial charge in [0.2, 0.25) is 11.8 Å². The van der Waals surface area contributed by atoms with E-state index in [2.05, 4.69) is 21.2 Å². The van der Waals surface area contributed by atoms with Gasteiger partial charge in [-0.05, 0) is 78.7 Å². The van der Waals surface area contributed by atoms with E-state index in [0.717, 1.165) is 19.9 Å². The van der Waals surface area contributed by atoms with Gasteiger partial charge in [-0.1, -0.05) is 70.0 Å². The number of nitrogens with zero attached hydrogens (tertiary/aromatic N) is 2. The second-order valence-corrected chi connectivity index (χ2v) is 13.1. The molecule has 0 aliphatic carbocycles. The second-order valence-electron chi connectivity index (χ2n) is 9.86. The first-order valence-corrected chi connectivity index (χ1v) is 16.5. The Hall–Kier alpha value is -3.86. The van der Waals surface area contributed by atoms with Crippen LogP contribution < -0.4 is 14.4 Å². The molecule has 230 valence electrons. The lowest BCUT2D eigenvalue weighted by molar-refractivity contribution is -0.139. The van der Waals surface area contributed by atoms with Crippen molar-refractivity contribution >= 4 is 55.1 Å². The van der Waals surface area contributed by atoms with Crippen LogP contribution in [0.4, 0.5) is 5.69 Å². The largest absolute Gasteiger partial charge is 0.494 e. The topological polar surface area (TPSA) is 96.0 Å². The van der Waals surface area contributed by atoms with Gasteiger partial charge in [-0.15, -0.1) is 0 Å². The molecule has 1 unspecified atom stereocenters. The highest BCUT2D eigenvalue weighted by molar-refractivity contribution is 9.10. The van der Waals surface area contributed by atoms with Crippen molar-refractivity contribution in [2.45, 2.75) is 30.8 Å². The lowest BCUT2D eigenvalue weighted by Crippen LogP contribution is -2.53. The Balaban J connectivity index is 1.78. The van der Waals surface area contributed by atoms with Gasteiger partial charge in [0.15, 0.2) is 0 Å². The highest BCUT2D eigenvalue weighted by Gasteiger charge is 2.34. The van der Waals surface area contributed by atoms with Gasteiger partial charge in [0, 0.05) is 29.5 Å². The van der Waals surface area contributed by atoms with E-state index in [9.17, 15) is 18.0 Å². The third kappa shape index (κ3) is 8.40. The van der Waals surface area contributed by atoms with Crippen LogP contribution in [0, 0.1) is 0 Å². The van der Waals surface area contributed by atoms with E-state index >= 15 is 0 Å². The molecule has 0 saturated carbocycles. The summed E-state index contributed by atoms with van der Waals surface area (Å²) in [7, 11) is -2.72. The fourth-order valence-electron chi connectivity index (χ4n) is 4.69. The minimum Gasteiger partial charge on any atom is -0.494 e. The Kier molecular flexibility index (Phi) is 11.4. The first kappa shape index (κ1) is 33.0. The number of sulfonamides is 1. The van der Waals surface area contributed by atoms with Crippen LogP contribution in [0.1, 0.15) is 18.1 Å². The maximum Gasteiger partial charge on any atom is 0.264 e. The third-order valence-corrected chi connectivity index (χ3v) is 9.41. The van der Waals surface area contributed by atoms with Crippen molar-refractivity contribution in [3.8, 4) is 5.75 Å². The van der Waals surface area contributed by atoms with Crippen molar-refractivity contribution in [2.75, 3.05) is 24.5 Å². The molecule has 0 bridgehead atoms. The number of anilines is 1. The molecule has 2 amide bonds. The average molecular weight is 699 g/mol. The van der Waals surface area contributed by atoms with Crippen molar-refractivity contribution in [3.63, 3.8) is 0 Å². The Bertz CT molecular complexity index is 1670. The van der Waals surface area contributed by atoms with E-state index in [-0.39, 0.29) is 29.5 Å². The maximum absolute atomic E-state index is 14.4. The summed E-state index contributed by atoms with van der Waals surface area (Å²) in [5, 5.41) is 3.06. The molecule has 0 aromatic heterocycles. The highest BCUT2D eigenvalue weighted by Crippen LogP contribution is 2.28. The lowest BCUT2D eigenvalue weighted by Gasteiger charge is -2.33. The van der Waals surface area contributed by atoms with Crippen molar-refractivity contribution in [3.05, 3.63) is 124 Å². The molecule has 0 aliphatic heterocycles. The van der Waals surface area contributed by atoms with Crippen LogP contribution in [0.15, 0.2) is 112 Å². The van der Waals surface area contributed by atoms with Crippen LogP contribution in [-0.4, -0.2) is 51.4 Å². The van der Waals surface area contributed by atoms with Gasteiger partial charge in [0.25, 0.3) is 10.0 Å². The summed E-state index contributed by atoms with van der Waals surface area (Å²) in [6, 6.07) is 28.1. The molecule has 8 nitrogen and oxygen atoms in total. The van der Waals surface area contributed by atoms with E-state index in [1.807, 2.05) is 61.5 Å². The number of amides is 2. The maximum atomic E-state index is 14.4. The van der Waals surface area contributed by atoms with Gasteiger partial charge in [-0.2, -0.15) is 0 Å². The summed E-state index contributed by atoms with van der Waals surface area (Å²) < 4.78 is 35.5. The van der Waals surface area contributed by atoms with Gasteiger partial charge >= 0.3 is 0 Å². The van der Waals surface area contributed by atoms with E-state index in [4.69, 9.17) is 16.3 Å². The SMILES string of the molecule is CCOc1ccc(N(CC(=O)N(Cc2cccc(Br)c2)C(Cc2ccccc2)C(=O)NC)S(=O)(=O)c2ccc(Cl)cc2)cc1.